The maximum absolute atomic E-state index is 13.1. The largest absolute Gasteiger partial charge is 0.336 e. The van der Waals surface area contributed by atoms with Crippen LogP contribution in [0.5, 0.6) is 0 Å². The van der Waals surface area contributed by atoms with Gasteiger partial charge in [-0.05, 0) is 43.5 Å². The quantitative estimate of drug-likeness (QED) is 0.518. The van der Waals surface area contributed by atoms with Crippen LogP contribution in [0.3, 0.4) is 0 Å². The first-order chi connectivity index (χ1) is 15.0. The number of nitrogens with zero attached hydrogens (tertiary/aromatic N) is 5. The molecule has 4 aromatic rings. The molecule has 0 saturated heterocycles. The molecule has 2 aromatic heterocycles. The van der Waals surface area contributed by atoms with Crippen LogP contribution in [-0.4, -0.2) is 36.9 Å². The summed E-state index contributed by atoms with van der Waals surface area (Å²) >= 11 is 0. The van der Waals surface area contributed by atoms with E-state index in [4.69, 9.17) is 0 Å². The Hall–Kier alpha value is -3.74. The number of carbonyl (C=O) groups is 1. The van der Waals surface area contributed by atoms with Gasteiger partial charge >= 0.3 is 0 Å². The molecule has 5 rings (SSSR count). The molecule has 1 aliphatic rings. The van der Waals surface area contributed by atoms with Crippen LogP contribution in [0.1, 0.15) is 22.5 Å². The Morgan fingerprint density at radius 2 is 1.68 bits per heavy atom. The van der Waals surface area contributed by atoms with Gasteiger partial charge in [-0.2, -0.15) is 10.2 Å². The molecule has 0 fully saturated rings. The van der Waals surface area contributed by atoms with E-state index in [1.807, 2.05) is 62.4 Å². The third kappa shape index (κ3) is 3.32. The molecule has 3 heterocycles. The number of carbonyl (C=O) groups excluding carboxylic acids is 1. The zero-order valence-corrected chi connectivity index (χ0v) is 17.6. The number of hydrogen-bond donors (Lipinski definition) is 0. The minimum absolute atomic E-state index is 0.0883. The standard InChI is InChI=1S/C24H23N5O2/c1-16-22-17(2)29(20-10-4-3-5-11-20)26-23(22)24(31)28(25-16)15-21(30)27-13-12-18-8-6-7-9-19(18)14-27/h3-11H,12-15H2,1-2H3. The molecular weight excluding hydrogens is 390 g/mol. The van der Waals surface area contributed by atoms with Crippen molar-refractivity contribution in [3.05, 3.63) is 87.5 Å². The summed E-state index contributed by atoms with van der Waals surface area (Å²) in [5.41, 5.74) is 4.85. The lowest BCUT2D eigenvalue weighted by Gasteiger charge is -2.28. The second-order valence-corrected chi connectivity index (χ2v) is 7.94. The molecule has 0 unspecified atom stereocenters. The minimum Gasteiger partial charge on any atom is -0.336 e. The second-order valence-electron chi connectivity index (χ2n) is 7.94. The Bertz CT molecular complexity index is 1350. The van der Waals surface area contributed by atoms with Gasteiger partial charge in [-0.25, -0.2) is 9.36 Å². The van der Waals surface area contributed by atoms with Crippen molar-refractivity contribution >= 4 is 16.8 Å². The van der Waals surface area contributed by atoms with Gasteiger partial charge in [-0.15, -0.1) is 0 Å². The lowest BCUT2D eigenvalue weighted by Crippen LogP contribution is -2.40. The first-order valence-electron chi connectivity index (χ1n) is 10.4. The number of para-hydroxylation sites is 1. The van der Waals surface area contributed by atoms with Gasteiger partial charge in [0.1, 0.15) is 6.54 Å². The van der Waals surface area contributed by atoms with Crippen LogP contribution in [0.4, 0.5) is 0 Å². The first kappa shape index (κ1) is 19.2. The molecule has 0 spiro atoms. The summed E-state index contributed by atoms with van der Waals surface area (Å²) in [5.74, 6) is -0.109. The van der Waals surface area contributed by atoms with Crippen LogP contribution in [0.25, 0.3) is 16.6 Å². The fraction of sp³-hybridized carbons (Fsp3) is 0.250. The van der Waals surface area contributed by atoms with Gasteiger partial charge in [0.25, 0.3) is 5.56 Å². The highest BCUT2D eigenvalue weighted by molar-refractivity contribution is 5.84. The zero-order valence-electron chi connectivity index (χ0n) is 17.6. The number of aryl methyl sites for hydroxylation is 2. The van der Waals surface area contributed by atoms with Crippen molar-refractivity contribution in [2.75, 3.05) is 6.54 Å². The van der Waals surface area contributed by atoms with Gasteiger partial charge < -0.3 is 4.90 Å². The number of hydrogen-bond acceptors (Lipinski definition) is 4. The average Bonchev–Trinajstić information content (AvgIpc) is 3.15. The fourth-order valence-electron chi connectivity index (χ4n) is 4.35. The molecule has 1 amide bonds. The highest BCUT2D eigenvalue weighted by atomic mass is 16.2. The SMILES string of the molecule is Cc1nn(CC(=O)N2CCc3ccccc3C2)c(=O)c2nn(-c3ccccc3)c(C)c12. The van der Waals surface area contributed by atoms with Crippen molar-refractivity contribution in [1.29, 1.82) is 0 Å². The van der Waals surface area contributed by atoms with Crippen LogP contribution < -0.4 is 5.56 Å². The zero-order chi connectivity index (χ0) is 21.5. The third-order valence-corrected chi connectivity index (χ3v) is 5.95. The van der Waals surface area contributed by atoms with E-state index >= 15 is 0 Å². The predicted octanol–water partition coefficient (Wildman–Crippen LogP) is 2.78. The molecule has 7 nitrogen and oxygen atoms in total. The smallest absolute Gasteiger partial charge is 0.295 e. The molecule has 1 aliphatic heterocycles. The van der Waals surface area contributed by atoms with E-state index in [1.54, 1.807) is 9.58 Å². The van der Waals surface area contributed by atoms with Crippen LogP contribution in [0, 0.1) is 13.8 Å². The van der Waals surface area contributed by atoms with Crippen molar-refractivity contribution in [1.82, 2.24) is 24.5 Å². The fourth-order valence-corrected chi connectivity index (χ4v) is 4.35. The third-order valence-electron chi connectivity index (χ3n) is 5.95. The number of fused-ring (bicyclic) bond motifs is 2. The van der Waals surface area contributed by atoms with Crippen LogP contribution in [0.15, 0.2) is 59.4 Å². The monoisotopic (exact) mass is 413 g/mol. The Labute approximate surface area is 179 Å². The summed E-state index contributed by atoms with van der Waals surface area (Å²) in [4.78, 5) is 27.9. The molecule has 0 atom stereocenters. The lowest BCUT2D eigenvalue weighted by atomic mass is 10.00. The summed E-state index contributed by atoms with van der Waals surface area (Å²) in [5, 5.41) is 9.76. The Balaban J connectivity index is 1.48. The lowest BCUT2D eigenvalue weighted by molar-refractivity contribution is -0.133. The molecule has 2 aromatic carbocycles. The summed E-state index contributed by atoms with van der Waals surface area (Å²) < 4.78 is 3.01. The predicted molar refractivity (Wildman–Crippen MR) is 118 cm³/mol. The van der Waals surface area contributed by atoms with Crippen LogP contribution in [0.2, 0.25) is 0 Å². The second kappa shape index (κ2) is 7.50. The normalized spacial score (nSPS) is 13.4. The number of amides is 1. The maximum atomic E-state index is 13.1. The maximum Gasteiger partial charge on any atom is 0.295 e. The molecule has 0 N–H and O–H groups in total. The van der Waals surface area contributed by atoms with Crippen LogP contribution in [-0.2, 0) is 24.3 Å². The van der Waals surface area contributed by atoms with Gasteiger partial charge in [0, 0.05) is 13.1 Å². The summed E-state index contributed by atoms with van der Waals surface area (Å²) in [6, 6.07) is 17.8. The van der Waals surface area contributed by atoms with Crippen molar-refractivity contribution in [2.45, 2.75) is 33.4 Å². The van der Waals surface area contributed by atoms with Crippen molar-refractivity contribution in [3.63, 3.8) is 0 Å². The van der Waals surface area contributed by atoms with E-state index in [9.17, 15) is 9.59 Å². The molecule has 0 radical (unpaired) electrons. The molecule has 0 aliphatic carbocycles. The number of benzene rings is 2. The van der Waals surface area contributed by atoms with E-state index < -0.39 is 0 Å². The Kier molecular flexibility index (Phi) is 4.66. The van der Waals surface area contributed by atoms with E-state index in [0.717, 1.165) is 28.8 Å². The average molecular weight is 413 g/mol. The molecule has 31 heavy (non-hydrogen) atoms. The summed E-state index contributed by atoms with van der Waals surface area (Å²) in [6.07, 6.45) is 0.822. The number of aromatic nitrogens is 4. The van der Waals surface area contributed by atoms with Crippen molar-refractivity contribution < 1.29 is 4.79 Å². The van der Waals surface area contributed by atoms with E-state index in [2.05, 4.69) is 16.3 Å². The molecule has 0 saturated carbocycles. The van der Waals surface area contributed by atoms with Crippen LogP contribution >= 0.6 is 0 Å². The van der Waals surface area contributed by atoms with Crippen molar-refractivity contribution in [3.8, 4) is 5.69 Å². The van der Waals surface area contributed by atoms with E-state index in [-0.39, 0.29) is 18.0 Å². The first-order valence-corrected chi connectivity index (χ1v) is 10.4. The van der Waals surface area contributed by atoms with E-state index in [0.29, 0.717) is 24.3 Å². The van der Waals surface area contributed by atoms with Gasteiger partial charge in [0.2, 0.25) is 5.91 Å². The van der Waals surface area contributed by atoms with Gasteiger partial charge in [0.05, 0.1) is 22.5 Å². The molecular formula is C24H23N5O2. The summed E-state index contributed by atoms with van der Waals surface area (Å²) in [6.45, 7) is 4.90. The molecule has 156 valence electrons. The van der Waals surface area contributed by atoms with Gasteiger partial charge in [0.15, 0.2) is 5.52 Å². The Morgan fingerprint density at radius 3 is 2.45 bits per heavy atom. The molecule has 0 bridgehead atoms. The highest BCUT2D eigenvalue weighted by Gasteiger charge is 2.23. The van der Waals surface area contributed by atoms with Gasteiger partial charge in [-0.3, -0.25) is 9.59 Å². The van der Waals surface area contributed by atoms with Gasteiger partial charge in [-0.1, -0.05) is 42.5 Å². The minimum atomic E-state index is -0.343. The highest BCUT2D eigenvalue weighted by Crippen LogP contribution is 2.21. The topological polar surface area (TPSA) is 73.0 Å². The Morgan fingerprint density at radius 1 is 0.968 bits per heavy atom. The summed E-state index contributed by atoms with van der Waals surface area (Å²) in [7, 11) is 0. The van der Waals surface area contributed by atoms with Crippen molar-refractivity contribution in [2.24, 2.45) is 0 Å². The molecule has 7 heteroatoms. The van der Waals surface area contributed by atoms with E-state index in [1.165, 1.54) is 10.2 Å². The number of rotatable bonds is 3.